The van der Waals surface area contributed by atoms with Gasteiger partial charge in [0, 0.05) is 5.57 Å². The zero-order chi connectivity index (χ0) is 13.4. The molecule has 0 saturated carbocycles. The molecule has 0 aliphatic carbocycles. The number of allylic oxidation sites excluding steroid dienone is 3. The van der Waals surface area contributed by atoms with E-state index in [2.05, 4.69) is 5.32 Å². The Morgan fingerprint density at radius 3 is 2.41 bits per heavy atom. The van der Waals surface area contributed by atoms with Gasteiger partial charge in [-0.25, -0.2) is 4.79 Å². The number of carbonyl (C=O) groups is 2. The number of amides is 1. The van der Waals surface area contributed by atoms with Crippen LogP contribution in [-0.4, -0.2) is 23.0 Å². The van der Waals surface area contributed by atoms with Gasteiger partial charge in [-0.05, 0) is 19.8 Å². The topological polar surface area (TPSA) is 66.4 Å². The van der Waals surface area contributed by atoms with Gasteiger partial charge in [-0.2, -0.15) is 0 Å². The molecular formula is C13H21NO3. The number of carboxylic acids is 1. The van der Waals surface area contributed by atoms with Crippen LogP contribution in [0.15, 0.2) is 23.8 Å². The van der Waals surface area contributed by atoms with Gasteiger partial charge in [0.2, 0.25) is 5.91 Å². The molecule has 0 aliphatic heterocycles. The maximum atomic E-state index is 11.7. The average Bonchev–Trinajstić information content (AvgIpc) is 2.31. The molecule has 0 fully saturated rings. The molecule has 0 saturated heterocycles. The fourth-order valence-electron chi connectivity index (χ4n) is 1.25. The van der Waals surface area contributed by atoms with Crippen LogP contribution in [-0.2, 0) is 9.59 Å². The highest BCUT2D eigenvalue weighted by atomic mass is 16.4. The SMILES string of the molecule is C/C=C/C=C(\C)C(=O)N[C@H](C(=O)O)[C@H](C)CC. The summed E-state index contributed by atoms with van der Waals surface area (Å²) in [4.78, 5) is 22.7. The Hall–Kier alpha value is -1.58. The summed E-state index contributed by atoms with van der Waals surface area (Å²) in [5.41, 5.74) is 0.498. The third-order valence-electron chi connectivity index (χ3n) is 2.66. The van der Waals surface area contributed by atoms with Gasteiger partial charge in [0.05, 0.1) is 0 Å². The lowest BCUT2D eigenvalue weighted by atomic mass is 9.99. The Morgan fingerprint density at radius 2 is 2.00 bits per heavy atom. The standard InChI is InChI=1S/C13H21NO3/c1-5-7-8-10(4)12(15)14-11(13(16)17)9(3)6-2/h5,7-9,11H,6H2,1-4H3,(H,14,15)(H,16,17)/b7-5+,10-8+/t9-,11+/m1/s1. The lowest BCUT2D eigenvalue weighted by Crippen LogP contribution is -2.45. The number of nitrogens with one attached hydrogen (secondary N) is 1. The van der Waals surface area contributed by atoms with Crippen LogP contribution >= 0.6 is 0 Å². The Balaban J connectivity index is 4.67. The summed E-state index contributed by atoms with van der Waals surface area (Å²) in [7, 11) is 0. The first kappa shape index (κ1) is 15.4. The Morgan fingerprint density at radius 1 is 1.41 bits per heavy atom. The van der Waals surface area contributed by atoms with E-state index >= 15 is 0 Å². The molecular weight excluding hydrogens is 218 g/mol. The molecule has 0 aliphatic rings. The van der Waals surface area contributed by atoms with Gasteiger partial charge in [0.15, 0.2) is 0 Å². The van der Waals surface area contributed by atoms with Crippen LogP contribution < -0.4 is 5.32 Å². The maximum absolute atomic E-state index is 11.7. The molecule has 2 N–H and O–H groups in total. The van der Waals surface area contributed by atoms with E-state index in [1.165, 1.54) is 0 Å². The first-order valence-electron chi connectivity index (χ1n) is 5.77. The molecule has 0 aromatic rings. The van der Waals surface area contributed by atoms with Gasteiger partial charge in [-0.1, -0.05) is 38.5 Å². The second kappa shape index (κ2) is 7.65. The van der Waals surface area contributed by atoms with E-state index in [9.17, 15) is 9.59 Å². The predicted octanol–water partition coefficient (Wildman–Crippen LogP) is 2.12. The van der Waals surface area contributed by atoms with Crippen molar-refractivity contribution in [2.45, 2.75) is 40.2 Å². The average molecular weight is 239 g/mol. The van der Waals surface area contributed by atoms with Crippen molar-refractivity contribution >= 4 is 11.9 Å². The normalized spacial score (nSPS) is 15.6. The number of aliphatic carboxylic acids is 1. The van der Waals surface area contributed by atoms with Crippen molar-refractivity contribution in [3.8, 4) is 0 Å². The van der Waals surface area contributed by atoms with Gasteiger partial charge in [-0.3, -0.25) is 4.79 Å². The van der Waals surface area contributed by atoms with Gasteiger partial charge >= 0.3 is 5.97 Å². The molecule has 0 heterocycles. The largest absolute Gasteiger partial charge is 0.480 e. The minimum absolute atomic E-state index is 0.0917. The minimum Gasteiger partial charge on any atom is -0.480 e. The molecule has 1 amide bonds. The monoisotopic (exact) mass is 239 g/mol. The second-order valence-electron chi connectivity index (χ2n) is 4.05. The number of rotatable bonds is 6. The molecule has 0 aromatic heterocycles. The van der Waals surface area contributed by atoms with E-state index in [-0.39, 0.29) is 11.8 Å². The van der Waals surface area contributed by atoms with E-state index in [0.29, 0.717) is 12.0 Å². The zero-order valence-corrected chi connectivity index (χ0v) is 10.9. The highest BCUT2D eigenvalue weighted by Gasteiger charge is 2.25. The van der Waals surface area contributed by atoms with Gasteiger partial charge in [-0.15, -0.1) is 0 Å². The van der Waals surface area contributed by atoms with Crippen molar-refractivity contribution in [3.63, 3.8) is 0 Å². The number of hydrogen-bond donors (Lipinski definition) is 2. The Bertz CT molecular complexity index is 332. The van der Waals surface area contributed by atoms with Crippen molar-refractivity contribution in [3.05, 3.63) is 23.8 Å². The third-order valence-corrected chi connectivity index (χ3v) is 2.66. The van der Waals surface area contributed by atoms with E-state index in [1.54, 1.807) is 25.2 Å². The van der Waals surface area contributed by atoms with Crippen LogP contribution in [0.4, 0.5) is 0 Å². The lowest BCUT2D eigenvalue weighted by molar-refractivity contribution is -0.142. The molecule has 0 rings (SSSR count). The van der Waals surface area contributed by atoms with Crippen LogP contribution in [0.3, 0.4) is 0 Å². The van der Waals surface area contributed by atoms with E-state index < -0.39 is 12.0 Å². The third kappa shape index (κ3) is 5.33. The van der Waals surface area contributed by atoms with Crippen LogP contribution in [0, 0.1) is 5.92 Å². The molecule has 0 radical (unpaired) electrons. The molecule has 0 aromatic carbocycles. The van der Waals surface area contributed by atoms with Crippen LogP contribution in [0.2, 0.25) is 0 Å². The number of hydrogen-bond acceptors (Lipinski definition) is 2. The summed E-state index contributed by atoms with van der Waals surface area (Å²) in [5.74, 6) is -1.42. The second-order valence-corrected chi connectivity index (χ2v) is 4.05. The number of carbonyl (C=O) groups excluding carboxylic acids is 1. The van der Waals surface area contributed by atoms with Crippen LogP contribution in [0.25, 0.3) is 0 Å². The summed E-state index contributed by atoms with van der Waals surface area (Å²) in [5, 5.41) is 11.6. The molecule has 2 atom stereocenters. The van der Waals surface area contributed by atoms with E-state index in [1.807, 2.05) is 20.8 Å². The highest BCUT2D eigenvalue weighted by Crippen LogP contribution is 2.08. The molecule has 0 unspecified atom stereocenters. The zero-order valence-electron chi connectivity index (χ0n) is 10.9. The Labute approximate surface area is 102 Å². The lowest BCUT2D eigenvalue weighted by Gasteiger charge is -2.20. The van der Waals surface area contributed by atoms with Crippen molar-refractivity contribution in [2.75, 3.05) is 0 Å². The summed E-state index contributed by atoms with van der Waals surface area (Å²) in [6.07, 6.45) is 5.91. The van der Waals surface area contributed by atoms with E-state index in [4.69, 9.17) is 5.11 Å². The van der Waals surface area contributed by atoms with E-state index in [0.717, 1.165) is 0 Å². The molecule has 0 spiro atoms. The smallest absolute Gasteiger partial charge is 0.326 e. The van der Waals surface area contributed by atoms with Crippen molar-refractivity contribution in [1.82, 2.24) is 5.32 Å². The predicted molar refractivity (Wildman–Crippen MR) is 67.6 cm³/mol. The first-order valence-corrected chi connectivity index (χ1v) is 5.77. The van der Waals surface area contributed by atoms with Gasteiger partial charge in [0.25, 0.3) is 0 Å². The summed E-state index contributed by atoms with van der Waals surface area (Å²) < 4.78 is 0. The minimum atomic E-state index is -0.994. The fraction of sp³-hybridized carbons (Fsp3) is 0.538. The van der Waals surface area contributed by atoms with Gasteiger partial charge < -0.3 is 10.4 Å². The summed E-state index contributed by atoms with van der Waals surface area (Å²) >= 11 is 0. The fourth-order valence-corrected chi connectivity index (χ4v) is 1.25. The highest BCUT2D eigenvalue weighted by molar-refractivity contribution is 5.95. The number of carboxylic acid groups (broad SMARTS) is 1. The van der Waals surface area contributed by atoms with Crippen molar-refractivity contribution in [2.24, 2.45) is 5.92 Å². The molecule has 96 valence electrons. The van der Waals surface area contributed by atoms with Crippen LogP contribution in [0.1, 0.15) is 34.1 Å². The summed E-state index contributed by atoms with van der Waals surface area (Å²) in [6.45, 7) is 7.21. The van der Waals surface area contributed by atoms with Gasteiger partial charge in [0.1, 0.15) is 6.04 Å². The van der Waals surface area contributed by atoms with Crippen molar-refractivity contribution < 1.29 is 14.7 Å². The van der Waals surface area contributed by atoms with Crippen LogP contribution in [0.5, 0.6) is 0 Å². The maximum Gasteiger partial charge on any atom is 0.326 e. The van der Waals surface area contributed by atoms with Crippen molar-refractivity contribution in [1.29, 1.82) is 0 Å². The first-order chi connectivity index (χ1) is 7.93. The summed E-state index contributed by atoms with van der Waals surface area (Å²) in [6, 6.07) is -0.832. The molecule has 4 heteroatoms. The Kier molecular flexibility index (Phi) is 6.94. The quantitative estimate of drug-likeness (QED) is 0.551. The molecule has 0 bridgehead atoms. The molecule has 17 heavy (non-hydrogen) atoms. The molecule has 4 nitrogen and oxygen atoms in total.